The van der Waals surface area contributed by atoms with E-state index in [-0.39, 0.29) is 0 Å². The van der Waals surface area contributed by atoms with Crippen LogP contribution in [0.25, 0.3) is 0 Å². The average molecular weight is 359 g/mol. The molecule has 1 aromatic carbocycles. The van der Waals surface area contributed by atoms with E-state index in [0.717, 1.165) is 29.0 Å². The Labute approximate surface area is 155 Å². The van der Waals surface area contributed by atoms with Crippen molar-refractivity contribution in [3.63, 3.8) is 0 Å². The van der Waals surface area contributed by atoms with Crippen LogP contribution in [0.3, 0.4) is 0 Å². The van der Waals surface area contributed by atoms with Crippen LogP contribution in [0.4, 0.5) is 0 Å². The summed E-state index contributed by atoms with van der Waals surface area (Å²) in [6, 6.07) is 8.45. The third kappa shape index (κ3) is 2.31. The average Bonchev–Trinajstić information content (AvgIpc) is 2.57. The molecule has 0 unspecified atom stereocenters. The van der Waals surface area contributed by atoms with Crippen LogP contribution >= 0.6 is 11.6 Å². The van der Waals surface area contributed by atoms with Crippen molar-refractivity contribution in [2.75, 3.05) is 0 Å². The number of hydrogen-bond acceptors (Lipinski definition) is 2. The van der Waals surface area contributed by atoms with Crippen LogP contribution in [0.5, 0.6) is 0 Å². The van der Waals surface area contributed by atoms with Gasteiger partial charge in [0.1, 0.15) is 5.54 Å². The number of carbonyl (C=O) groups excluding carboxylic acids is 1. The van der Waals surface area contributed by atoms with E-state index >= 15 is 0 Å². The minimum Gasteiger partial charge on any atom is -0.271 e. The topological polar surface area (TPSA) is 23.6 Å². The lowest BCUT2D eigenvalue weighted by Gasteiger charge is -2.65. The van der Waals surface area contributed by atoms with Gasteiger partial charge in [-0.25, -0.2) is 0 Å². The van der Waals surface area contributed by atoms with Gasteiger partial charge >= 0.3 is 0 Å². The maximum Gasteiger partial charge on any atom is 0.258 e. The van der Waals surface area contributed by atoms with Crippen molar-refractivity contribution in [1.82, 2.24) is 10.0 Å². The van der Waals surface area contributed by atoms with Crippen molar-refractivity contribution < 1.29 is 4.79 Å². The van der Waals surface area contributed by atoms with Crippen LogP contribution < -0.4 is 0 Å². The first kappa shape index (κ1) is 16.1. The van der Waals surface area contributed by atoms with Gasteiger partial charge in [-0.2, -0.15) is 5.01 Å². The first-order chi connectivity index (χ1) is 11.9. The summed E-state index contributed by atoms with van der Waals surface area (Å²) < 4.78 is 0. The van der Waals surface area contributed by atoms with Crippen molar-refractivity contribution in [2.24, 2.45) is 23.7 Å². The summed E-state index contributed by atoms with van der Waals surface area (Å²) in [5.74, 6) is 3.59. The molecule has 1 aliphatic heterocycles. The Morgan fingerprint density at radius 2 is 1.64 bits per heavy atom. The molecule has 0 atom stereocenters. The molecule has 0 N–H and O–H groups in total. The second-order valence-electron chi connectivity index (χ2n) is 9.28. The second kappa shape index (κ2) is 5.47. The van der Waals surface area contributed by atoms with Gasteiger partial charge in [-0.1, -0.05) is 29.8 Å². The first-order valence-electron chi connectivity index (χ1n) is 9.79. The zero-order valence-electron chi connectivity index (χ0n) is 15.1. The van der Waals surface area contributed by atoms with Crippen molar-refractivity contribution in [1.29, 1.82) is 0 Å². The number of hydrazine groups is 1. The van der Waals surface area contributed by atoms with Crippen LogP contribution in [0, 0.1) is 23.7 Å². The number of rotatable bonds is 3. The van der Waals surface area contributed by atoms with Crippen molar-refractivity contribution >= 4 is 17.5 Å². The lowest BCUT2D eigenvalue weighted by Crippen LogP contribution is -2.79. The largest absolute Gasteiger partial charge is 0.271 e. The molecule has 0 radical (unpaired) electrons. The van der Waals surface area contributed by atoms with Gasteiger partial charge in [0.15, 0.2) is 0 Å². The van der Waals surface area contributed by atoms with Gasteiger partial charge < -0.3 is 0 Å². The Kier molecular flexibility index (Phi) is 3.53. The molecular weight excluding hydrogens is 332 g/mol. The van der Waals surface area contributed by atoms with Crippen LogP contribution in [0.15, 0.2) is 24.3 Å². The predicted octanol–water partition coefficient (Wildman–Crippen LogP) is 4.50. The predicted molar refractivity (Wildman–Crippen MR) is 98.8 cm³/mol. The highest BCUT2D eigenvalue weighted by atomic mass is 35.5. The molecule has 1 heterocycles. The molecule has 6 rings (SSSR count). The quantitative estimate of drug-likeness (QED) is 0.794. The Morgan fingerprint density at radius 1 is 1.04 bits per heavy atom. The number of nitrogens with zero attached hydrogens (tertiary/aromatic N) is 2. The molecule has 0 spiro atoms. The van der Waals surface area contributed by atoms with Crippen LogP contribution in [-0.4, -0.2) is 27.5 Å². The molecule has 3 nitrogen and oxygen atoms in total. The third-order valence-corrected chi connectivity index (χ3v) is 7.74. The molecular formula is C21H27ClN2O. The molecule has 1 saturated heterocycles. The van der Waals surface area contributed by atoms with Crippen LogP contribution in [0.2, 0.25) is 5.02 Å². The Bertz CT molecular complexity index is 688. The van der Waals surface area contributed by atoms with Crippen LogP contribution in [0.1, 0.15) is 51.5 Å². The molecule has 0 aromatic heterocycles. The highest BCUT2D eigenvalue weighted by molar-refractivity contribution is 6.31. The van der Waals surface area contributed by atoms with Crippen molar-refractivity contribution in [3.8, 4) is 0 Å². The van der Waals surface area contributed by atoms with Crippen molar-refractivity contribution in [3.05, 3.63) is 34.9 Å². The Hall–Kier alpha value is -1.06. The zero-order valence-corrected chi connectivity index (χ0v) is 15.9. The fraction of sp³-hybridized carbons (Fsp3) is 0.667. The van der Waals surface area contributed by atoms with Gasteiger partial charge in [0.2, 0.25) is 0 Å². The van der Waals surface area contributed by atoms with Gasteiger partial charge in [-0.3, -0.25) is 9.80 Å². The Balaban J connectivity index is 1.44. The van der Waals surface area contributed by atoms with E-state index in [0.29, 0.717) is 23.8 Å². The summed E-state index contributed by atoms with van der Waals surface area (Å²) in [5, 5.41) is 5.24. The maximum absolute atomic E-state index is 13.0. The number of benzene rings is 1. The smallest absolute Gasteiger partial charge is 0.258 e. The highest BCUT2D eigenvalue weighted by Gasteiger charge is 2.60. The fourth-order valence-electron chi connectivity index (χ4n) is 6.38. The molecule has 25 heavy (non-hydrogen) atoms. The minimum absolute atomic E-state index is 0.303. The minimum atomic E-state index is -0.423. The standard InChI is InChI=1S/C21H27ClN2O/c1-21(2)20(25)24(23(21)12-15-5-3-4-6-18(15)22)19-16-8-13-7-14(10-16)11-17(19)9-13/h3-6,13-14,16-17,19H,7-12H2,1-2H3. The summed E-state index contributed by atoms with van der Waals surface area (Å²) >= 11 is 6.40. The zero-order chi connectivity index (χ0) is 17.3. The van der Waals surface area contributed by atoms with E-state index in [1.807, 2.05) is 18.2 Å². The molecule has 4 aliphatic carbocycles. The summed E-state index contributed by atoms with van der Waals surface area (Å²) in [6.45, 7) is 4.83. The summed E-state index contributed by atoms with van der Waals surface area (Å²) in [5.41, 5.74) is 0.687. The molecule has 5 fully saturated rings. The summed E-state index contributed by atoms with van der Waals surface area (Å²) in [4.78, 5) is 13.0. The fourth-order valence-corrected chi connectivity index (χ4v) is 6.57. The van der Waals surface area contributed by atoms with Gasteiger partial charge in [0.25, 0.3) is 5.91 Å². The number of hydrogen-bond donors (Lipinski definition) is 0. The third-order valence-electron chi connectivity index (χ3n) is 7.37. The summed E-state index contributed by atoms with van der Waals surface area (Å²) in [6.07, 6.45) is 6.79. The molecule has 134 valence electrons. The second-order valence-corrected chi connectivity index (χ2v) is 9.69. The van der Waals surface area contributed by atoms with Gasteiger partial charge in [-0.15, -0.1) is 0 Å². The molecule has 4 saturated carbocycles. The monoisotopic (exact) mass is 358 g/mol. The highest BCUT2D eigenvalue weighted by Crippen LogP contribution is 2.57. The first-order valence-corrected chi connectivity index (χ1v) is 10.2. The lowest BCUT2D eigenvalue weighted by atomic mass is 9.53. The maximum atomic E-state index is 13.0. The van der Waals surface area contributed by atoms with Crippen LogP contribution in [-0.2, 0) is 11.3 Å². The molecule has 4 heteroatoms. The van der Waals surface area contributed by atoms with E-state index in [1.54, 1.807) is 0 Å². The molecule has 1 amide bonds. The van der Waals surface area contributed by atoms with Gasteiger partial charge in [-0.05, 0) is 81.3 Å². The van der Waals surface area contributed by atoms with E-state index < -0.39 is 5.54 Å². The number of carbonyl (C=O) groups is 1. The summed E-state index contributed by atoms with van der Waals surface area (Å²) in [7, 11) is 0. The molecule has 5 aliphatic rings. The van der Waals surface area contributed by atoms with Crippen molar-refractivity contribution in [2.45, 2.75) is 64.1 Å². The van der Waals surface area contributed by atoms with Gasteiger partial charge in [0.05, 0.1) is 6.04 Å². The molecule has 4 bridgehead atoms. The SMILES string of the molecule is CC1(C)C(=O)N(C2C3CC4CC(C3)CC2C4)N1Cc1ccccc1Cl. The van der Waals surface area contributed by atoms with E-state index in [9.17, 15) is 4.79 Å². The van der Waals surface area contributed by atoms with Gasteiger partial charge in [0, 0.05) is 11.6 Å². The normalized spacial score (nSPS) is 38.9. The van der Waals surface area contributed by atoms with E-state index in [1.165, 1.54) is 32.1 Å². The number of amides is 1. The number of halogens is 1. The van der Waals surface area contributed by atoms with E-state index in [2.05, 4.69) is 29.9 Å². The molecule has 1 aromatic rings. The van der Waals surface area contributed by atoms with E-state index in [4.69, 9.17) is 11.6 Å². The lowest BCUT2D eigenvalue weighted by molar-refractivity contribution is -0.251. The Morgan fingerprint density at radius 3 is 2.24 bits per heavy atom.